The third kappa shape index (κ3) is 6.47. The first-order valence-electron chi connectivity index (χ1n) is 14.7. The molecule has 0 saturated carbocycles. The van der Waals surface area contributed by atoms with Crippen LogP contribution in [0.15, 0.2) is 97.1 Å². The fourth-order valence-corrected chi connectivity index (χ4v) is 6.09. The van der Waals surface area contributed by atoms with E-state index in [-0.39, 0.29) is 26.1 Å². The molecule has 236 valence electrons. The minimum atomic E-state index is -1.34. The summed E-state index contributed by atoms with van der Waals surface area (Å²) in [4.78, 5) is 14.2. The molecule has 1 saturated heterocycles. The maximum Gasteiger partial charge on any atom is 0.321 e. The second-order valence-electron chi connectivity index (χ2n) is 11.0. The second-order valence-corrected chi connectivity index (χ2v) is 11.0. The maximum absolute atomic E-state index is 12.4. The van der Waals surface area contributed by atoms with Crippen LogP contribution in [0.3, 0.4) is 0 Å². The van der Waals surface area contributed by atoms with Crippen LogP contribution in [0, 0.1) is 0 Å². The summed E-state index contributed by atoms with van der Waals surface area (Å²) >= 11 is 0. The molecule has 4 aromatic carbocycles. The van der Waals surface area contributed by atoms with Crippen molar-refractivity contribution < 1.29 is 38.7 Å². The number of methoxy groups -OCH3 is 4. The number of aliphatic hydroxyl groups is 1. The lowest BCUT2D eigenvalue weighted by molar-refractivity contribution is -0.142. The Balaban J connectivity index is 1.51. The molecule has 9 nitrogen and oxygen atoms in total. The van der Waals surface area contributed by atoms with Gasteiger partial charge in [-0.05, 0) is 70.8 Å². The third-order valence-corrected chi connectivity index (χ3v) is 8.54. The quantitative estimate of drug-likeness (QED) is 0.200. The zero-order chi connectivity index (χ0) is 32.0. The highest BCUT2D eigenvalue weighted by Gasteiger charge is 2.47. The molecule has 1 fully saturated rings. The van der Waals surface area contributed by atoms with Gasteiger partial charge in [-0.1, -0.05) is 48.5 Å². The van der Waals surface area contributed by atoms with Crippen LogP contribution in [0.2, 0.25) is 0 Å². The van der Waals surface area contributed by atoms with Crippen LogP contribution in [-0.4, -0.2) is 75.3 Å². The number of β-amino-alcohol motifs (C(OH)–C–C–N with tert-alkyl or cyclic N) is 1. The zero-order valence-electron chi connectivity index (χ0n) is 25.9. The number of carbonyl (C=O) groups is 1. The van der Waals surface area contributed by atoms with Crippen molar-refractivity contribution >= 4 is 5.97 Å². The van der Waals surface area contributed by atoms with Crippen LogP contribution in [-0.2, 0) is 20.7 Å². The first-order valence-corrected chi connectivity index (χ1v) is 14.7. The predicted octanol–water partition coefficient (Wildman–Crippen LogP) is 5.08. The van der Waals surface area contributed by atoms with Crippen molar-refractivity contribution in [3.05, 3.63) is 119 Å². The molecule has 9 heteroatoms. The van der Waals surface area contributed by atoms with E-state index < -0.39 is 23.2 Å². The van der Waals surface area contributed by atoms with Crippen molar-refractivity contribution in [1.29, 1.82) is 0 Å². The standard InChI is InChI=1S/C36H39NO8/c1-41-29-13-5-25(6-14-29)35(40)23-33(34(38)39)37(24-35)21-22-45-36(26-7-15-30(42-2)16-8-26,27-9-17-31(43-3)18-10-27)28-11-19-32(44-4)20-12-28/h5-20,33,40H,21-24H2,1-4H3,(H,38,39)/t33-,35+/m0/s1. The fraction of sp³-hybridized carbons (Fsp3) is 0.306. The molecule has 0 unspecified atom stereocenters. The van der Waals surface area contributed by atoms with Gasteiger partial charge in [0.05, 0.1) is 35.0 Å². The monoisotopic (exact) mass is 613 g/mol. The van der Waals surface area contributed by atoms with E-state index >= 15 is 0 Å². The van der Waals surface area contributed by atoms with Gasteiger partial charge in [0.15, 0.2) is 0 Å². The van der Waals surface area contributed by atoms with Gasteiger partial charge in [-0.15, -0.1) is 0 Å². The van der Waals surface area contributed by atoms with Crippen LogP contribution in [0.1, 0.15) is 28.7 Å². The van der Waals surface area contributed by atoms with Crippen molar-refractivity contribution in [3.8, 4) is 23.0 Å². The number of benzene rings is 4. The number of aliphatic carboxylic acids is 1. The number of likely N-dealkylation sites (tertiary alicyclic amines) is 1. The molecule has 2 N–H and O–H groups in total. The smallest absolute Gasteiger partial charge is 0.321 e. The van der Waals surface area contributed by atoms with Gasteiger partial charge in [0.25, 0.3) is 0 Å². The molecule has 5 rings (SSSR count). The number of hydrogen-bond acceptors (Lipinski definition) is 8. The summed E-state index contributed by atoms with van der Waals surface area (Å²) in [7, 11) is 6.43. The molecule has 0 spiro atoms. The van der Waals surface area contributed by atoms with E-state index in [1.165, 1.54) is 0 Å². The molecule has 0 aromatic heterocycles. The molecular weight excluding hydrogens is 574 g/mol. The third-order valence-electron chi connectivity index (χ3n) is 8.54. The molecular formula is C36H39NO8. The lowest BCUT2D eigenvalue weighted by atomic mass is 9.80. The largest absolute Gasteiger partial charge is 0.497 e. The van der Waals surface area contributed by atoms with Crippen molar-refractivity contribution in [2.24, 2.45) is 0 Å². The summed E-state index contributed by atoms with van der Waals surface area (Å²) in [6.07, 6.45) is 0.0508. The van der Waals surface area contributed by atoms with Gasteiger partial charge in [0.1, 0.15) is 40.2 Å². The lowest BCUT2D eigenvalue weighted by Gasteiger charge is -2.37. The molecule has 1 heterocycles. The van der Waals surface area contributed by atoms with Crippen molar-refractivity contribution in [2.45, 2.75) is 23.7 Å². The topological polar surface area (TPSA) is 107 Å². The van der Waals surface area contributed by atoms with Crippen molar-refractivity contribution in [1.82, 2.24) is 4.90 Å². The number of ether oxygens (including phenoxy) is 5. The van der Waals surface area contributed by atoms with E-state index in [4.69, 9.17) is 23.7 Å². The van der Waals surface area contributed by atoms with Crippen molar-refractivity contribution in [2.75, 3.05) is 48.1 Å². The Hall–Kier alpha value is -4.57. The number of hydrogen-bond donors (Lipinski definition) is 2. The van der Waals surface area contributed by atoms with Gasteiger partial charge in [-0.25, -0.2) is 0 Å². The summed E-state index contributed by atoms with van der Waals surface area (Å²) in [5.41, 5.74) is 0.768. The van der Waals surface area contributed by atoms with Crippen LogP contribution in [0.5, 0.6) is 23.0 Å². The summed E-state index contributed by atoms with van der Waals surface area (Å²) in [6.45, 7) is 0.562. The van der Waals surface area contributed by atoms with Crippen molar-refractivity contribution in [3.63, 3.8) is 0 Å². The summed E-state index contributed by atoms with van der Waals surface area (Å²) < 4.78 is 28.5. The van der Waals surface area contributed by atoms with E-state index in [0.29, 0.717) is 28.6 Å². The second kappa shape index (κ2) is 13.6. The van der Waals surface area contributed by atoms with E-state index in [2.05, 4.69) is 0 Å². The molecule has 0 bridgehead atoms. The molecule has 0 amide bonds. The first-order chi connectivity index (χ1) is 21.8. The Morgan fingerprint density at radius 1 is 0.711 bits per heavy atom. The summed E-state index contributed by atoms with van der Waals surface area (Å²) in [5.74, 6) is 1.78. The summed E-state index contributed by atoms with van der Waals surface area (Å²) in [6, 6.07) is 29.3. The van der Waals surface area contributed by atoms with Gasteiger partial charge in [0.2, 0.25) is 0 Å². The Bertz CT molecular complexity index is 1440. The Morgan fingerprint density at radius 3 is 1.44 bits per heavy atom. The SMILES string of the molecule is COc1ccc(C(OCCN2C[C@@](O)(c3ccc(OC)cc3)C[C@H]2C(=O)O)(c2ccc(OC)cc2)c2ccc(OC)cc2)cc1. The Labute approximate surface area is 263 Å². The van der Waals surface area contributed by atoms with E-state index in [9.17, 15) is 15.0 Å². The Morgan fingerprint density at radius 2 is 1.09 bits per heavy atom. The minimum absolute atomic E-state index is 0.0508. The van der Waals surface area contributed by atoms with Crippen LogP contribution < -0.4 is 18.9 Å². The molecule has 0 aliphatic carbocycles. The average Bonchev–Trinajstić information content (AvgIpc) is 3.44. The van der Waals surface area contributed by atoms with E-state index in [0.717, 1.165) is 16.7 Å². The zero-order valence-corrected chi connectivity index (χ0v) is 25.9. The lowest BCUT2D eigenvalue weighted by Crippen LogP contribution is -2.41. The van der Waals surface area contributed by atoms with Gasteiger partial charge in [-0.3, -0.25) is 9.69 Å². The molecule has 1 aliphatic rings. The van der Waals surface area contributed by atoms with Gasteiger partial charge < -0.3 is 33.9 Å². The minimum Gasteiger partial charge on any atom is -0.497 e. The van der Waals surface area contributed by atoms with Gasteiger partial charge >= 0.3 is 5.97 Å². The Kier molecular flexibility index (Phi) is 9.63. The maximum atomic E-state index is 12.4. The number of carboxylic acids is 1. The first kappa shape index (κ1) is 31.8. The molecule has 1 aliphatic heterocycles. The molecule has 0 radical (unpaired) electrons. The van der Waals surface area contributed by atoms with Crippen LogP contribution in [0.25, 0.3) is 0 Å². The van der Waals surface area contributed by atoms with Crippen LogP contribution in [0.4, 0.5) is 0 Å². The molecule has 2 atom stereocenters. The average molecular weight is 614 g/mol. The number of carboxylic acid groups (broad SMARTS) is 1. The molecule has 45 heavy (non-hydrogen) atoms. The van der Waals surface area contributed by atoms with E-state index in [1.54, 1.807) is 57.6 Å². The van der Waals surface area contributed by atoms with Gasteiger partial charge in [0, 0.05) is 19.5 Å². The van der Waals surface area contributed by atoms with Crippen LogP contribution >= 0.6 is 0 Å². The normalized spacial score (nSPS) is 18.4. The van der Waals surface area contributed by atoms with E-state index in [1.807, 2.05) is 72.8 Å². The highest BCUT2D eigenvalue weighted by molar-refractivity contribution is 5.74. The molecule has 4 aromatic rings. The highest BCUT2D eigenvalue weighted by atomic mass is 16.5. The fourth-order valence-electron chi connectivity index (χ4n) is 6.09. The predicted molar refractivity (Wildman–Crippen MR) is 169 cm³/mol. The highest BCUT2D eigenvalue weighted by Crippen LogP contribution is 2.43. The van der Waals surface area contributed by atoms with Gasteiger partial charge in [-0.2, -0.15) is 0 Å². The number of nitrogens with zero attached hydrogens (tertiary/aromatic N) is 1. The summed E-state index contributed by atoms with van der Waals surface area (Å²) in [5, 5.41) is 21.8. The number of rotatable bonds is 13.